The van der Waals surface area contributed by atoms with E-state index in [1.165, 1.54) is 30.6 Å². The zero-order chi connectivity index (χ0) is 14.4. The van der Waals surface area contributed by atoms with Crippen molar-refractivity contribution in [3.05, 3.63) is 52.1 Å². The molecule has 0 saturated carbocycles. The highest BCUT2D eigenvalue weighted by Crippen LogP contribution is 2.12. The van der Waals surface area contributed by atoms with Crippen molar-refractivity contribution in [1.82, 2.24) is 0 Å². The molecule has 0 aliphatic carbocycles. The number of hydrogen-bond acceptors (Lipinski definition) is 6. The van der Waals surface area contributed by atoms with Crippen LogP contribution in [0.15, 0.2) is 40.1 Å². The summed E-state index contributed by atoms with van der Waals surface area (Å²) in [5, 5.41) is 1.92. The second-order valence-electron chi connectivity index (χ2n) is 3.71. The summed E-state index contributed by atoms with van der Waals surface area (Å²) in [6.07, 6.45) is 3.02. The molecule has 104 valence electrons. The number of rotatable bonds is 5. The number of carbonyl (C=O) groups excluding carboxylic acids is 2. The van der Waals surface area contributed by atoms with Gasteiger partial charge >= 0.3 is 11.9 Å². The van der Waals surface area contributed by atoms with Gasteiger partial charge in [-0.3, -0.25) is 0 Å². The molecule has 0 N–H and O–H groups in total. The Hall–Kier alpha value is -2.34. The predicted octanol–water partition coefficient (Wildman–Crippen LogP) is 2.88. The fourth-order valence-corrected chi connectivity index (χ4v) is 2.01. The molecule has 5 nitrogen and oxygen atoms in total. The van der Waals surface area contributed by atoms with Crippen LogP contribution >= 0.6 is 11.3 Å². The number of thiophene rings is 1. The summed E-state index contributed by atoms with van der Waals surface area (Å²) < 4.78 is 14.7. The molecule has 0 fully saturated rings. The number of carbonyl (C=O) groups is 2. The van der Waals surface area contributed by atoms with E-state index in [0.29, 0.717) is 5.76 Å². The molecule has 0 atom stereocenters. The van der Waals surface area contributed by atoms with Crippen molar-refractivity contribution in [2.24, 2.45) is 0 Å². The van der Waals surface area contributed by atoms with Crippen LogP contribution in [0.3, 0.4) is 0 Å². The number of hydrogen-bond donors (Lipinski definition) is 0. The van der Waals surface area contributed by atoms with Crippen molar-refractivity contribution in [3.8, 4) is 0 Å². The van der Waals surface area contributed by atoms with Crippen molar-refractivity contribution in [3.63, 3.8) is 0 Å². The number of ether oxygens (including phenoxy) is 2. The fraction of sp³-hybridized carbons (Fsp3) is 0.143. The summed E-state index contributed by atoms with van der Waals surface area (Å²) in [5.41, 5.74) is 0. The van der Waals surface area contributed by atoms with E-state index in [1.807, 2.05) is 17.5 Å². The molecule has 2 rings (SSSR count). The molecule has 2 heterocycles. The predicted molar refractivity (Wildman–Crippen MR) is 73.2 cm³/mol. The Bertz CT molecular complexity index is 609. The molecule has 0 spiro atoms. The molecule has 0 aromatic carbocycles. The Morgan fingerprint density at radius 2 is 2.20 bits per heavy atom. The van der Waals surface area contributed by atoms with Crippen LogP contribution in [-0.2, 0) is 20.9 Å². The van der Waals surface area contributed by atoms with E-state index < -0.39 is 11.9 Å². The molecule has 0 radical (unpaired) electrons. The SMILES string of the molecule is COC(=O)c1ccc(COC(=O)/C=C/c2cccs2)o1. The molecular weight excluding hydrogens is 280 g/mol. The Labute approximate surface area is 119 Å². The van der Waals surface area contributed by atoms with Crippen LogP contribution < -0.4 is 0 Å². The minimum absolute atomic E-state index is 0.0371. The normalized spacial score (nSPS) is 10.7. The largest absolute Gasteiger partial charge is 0.463 e. The van der Waals surface area contributed by atoms with Crippen LogP contribution in [-0.4, -0.2) is 19.0 Å². The first-order valence-corrected chi connectivity index (χ1v) is 6.62. The number of furan rings is 1. The smallest absolute Gasteiger partial charge is 0.373 e. The van der Waals surface area contributed by atoms with Crippen molar-refractivity contribution in [2.45, 2.75) is 6.61 Å². The lowest BCUT2D eigenvalue weighted by molar-refractivity contribution is -0.139. The Morgan fingerprint density at radius 1 is 1.35 bits per heavy atom. The van der Waals surface area contributed by atoms with Crippen LogP contribution in [0.1, 0.15) is 21.2 Å². The van der Waals surface area contributed by atoms with Gasteiger partial charge < -0.3 is 13.9 Å². The molecule has 0 amide bonds. The van der Waals surface area contributed by atoms with E-state index in [0.717, 1.165) is 4.88 Å². The van der Waals surface area contributed by atoms with Crippen LogP contribution in [0.4, 0.5) is 0 Å². The highest BCUT2D eigenvalue weighted by Gasteiger charge is 2.11. The van der Waals surface area contributed by atoms with Gasteiger partial charge in [0.2, 0.25) is 5.76 Å². The first kappa shape index (κ1) is 14.1. The molecule has 0 aliphatic heterocycles. The lowest BCUT2D eigenvalue weighted by Crippen LogP contribution is -2.00. The van der Waals surface area contributed by atoms with Gasteiger partial charge in [0.1, 0.15) is 12.4 Å². The maximum atomic E-state index is 11.5. The van der Waals surface area contributed by atoms with E-state index in [1.54, 1.807) is 12.1 Å². The third-order valence-electron chi connectivity index (χ3n) is 2.33. The maximum Gasteiger partial charge on any atom is 0.373 e. The standard InChI is InChI=1S/C14H12O5S/c1-17-14(16)12-6-4-10(19-12)9-18-13(15)7-5-11-3-2-8-20-11/h2-8H,9H2,1H3/b7-5+. The third-order valence-corrected chi connectivity index (χ3v) is 3.17. The summed E-state index contributed by atoms with van der Waals surface area (Å²) in [4.78, 5) is 23.6. The van der Waals surface area contributed by atoms with E-state index >= 15 is 0 Å². The highest BCUT2D eigenvalue weighted by molar-refractivity contribution is 7.10. The fourth-order valence-electron chi connectivity index (χ4n) is 1.39. The number of esters is 2. The Kier molecular flexibility index (Phi) is 4.73. The molecule has 0 unspecified atom stereocenters. The zero-order valence-corrected chi connectivity index (χ0v) is 11.5. The van der Waals surface area contributed by atoms with Gasteiger partial charge in [0.05, 0.1) is 7.11 Å². The topological polar surface area (TPSA) is 65.7 Å². The molecular formula is C14H12O5S. The van der Waals surface area contributed by atoms with Gasteiger partial charge in [0, 0.05) is 11.0 Å². The van der Waals surface area contributed by atoms with Crippen LogP contribution in [0.5, 0.6) is 0 Å². The highest BCUT2D eigenvalue weighted by atomic mass is 32.1. The first-order valence-electron chi connectivity index (χ1n) is 5.74. The van der Waals surface area contributed by atoms with Gasteiger partial charge in [0.25, 0.3) is 0 Å². The van der Waals surface area contributed by atoms with Crippen molar-refractivity contribution in [2.75, 3.05) is 7.11 Å². The van der Waals surface area contributed by atoms with Gasteiger partial charge in [-0.15, -0.1) is 11.3 Å². The number of methoxy groups -OCH3 is 1. The molecule has 6 heteroatoms. The van der Waals surface area contributed by atoms with Crippen molar-refractivity contribution < 1.29 is 23.5 Å². The van der Waals surface area contributed by atoms with Crippen LogP contribution in [0.2, 0.25) is 0 Å². The van der Waals surface area contributed by atoms with Gasteiger partial charge in [-0.05, 0) is 29.7 Å². The van der Waals surface area contributed by atoms with Gasteiger partial charge in [-0.2, -0.15) is 0 Å². The van der Waals surface area contributed by atoms with Crippen LogP contribution in [0, 0.1) is 0 Å². The molecule has 2 aromatic rings. The molecule has 2 aromatic heterocycles. The third kappa shape index (κ3) is 3.83. The average Bonchev–Trinajstić information content (AvgIpc) is 3.13. The summed E-state index contributed by atoms with van der Waals surface area (Å²) in [6.45, 7) is -0.0371. The van der Waals surface area contributed by atoms with E-state index in [2.05, 4.69) is 4.74 Å². The molecule has 20 heavy (non-hydrogen) atoms. The van der Waals surface area contributed by atoms with Gasteiger partial charge in [-0.25, -0.2) is 9.59 Å². The quantitative estimate of drug-likeness (QED) is 0.626. The van der Waals surface area contributed by atoms with E-state index in [9.17, 15) is 9.59 Å². The first-order chi connectivity index (χ1) is 9.69. The second-order valence-corrected chi connectivity index (χ2v) is 4.69. The average molecular weight is 292 g/mol. The maximum absolute atomic E-state index is 11.5. The molecule has 0 bridgehead atoms. The van der Waals surface area contributed by atoms with Gasteiger partial charge in [0.15, 0.2) is 0 Å². The lowest BCUT2D eigenvalue weighted by Gasteiger charge is -1.98. The minimum atomic E-state index is -0.569. The van der Waals surface area contributed by atoms with Crippen molar-refractivity contribution >= 4 is 29.4 Å². The summed E-state index contributed by atoms with van der Waals surface area (Å²) >= 11 is 1.52. The zero-order valence-electron chi connectivity index (χ0n) is 10.7. The van der Waals surface area contributed by atoms with Crippen LogP contribution in [0.25, 0.3) is 6.08 Å². The lowest BCUT2D eigenvalue weighted by atomic mass is 10.4. The summed E-state index contributed by atoms with van der Waals surface area (Å²) in [5.74, 6) is -0.592. The second kappa shape index (κ2) is 6.72. The van der Waals surface area contributed by atoms with E-state index in [4.69, 9.17) is 9.15 Å². The Balaban J connectivity index is 1.84. The van der Waals surface area contributed by atoms with E-state index in [-0.39, 0.29) is 12.4 Å². The summed E-state index contributed by atoms with van der Waals surface area (Å²) in [6, 6.07) is 6.81. The Morgan fingerprint density at radius 3 is 2.90 bits per heavy atom. The minimum Gasteiger partial charge on any atom is -0.463 e. The molecule has 0 aliphatic rings. The molecule has 0 saturated heterocycles. The summed E-state index contributed by atoms with van der Waals surface area (Å²) in [7, 11) is 1.26. The van der Waals surface area contributed by atoms with Gasteiger partial charge in [-0.1, -0.05) is 6.07 Å². The monoisotopic (exact) mass is 292 g/mol. The van der Waals surface area contributed by atoms with Crippen molar-refractivity contribution in [1.29, 1.82) is 0 Å².